The van der Waals surface area contributed by atoms with E-state index in [4.69, 9.17) is 13.9 Å². The number of hydrogen-bond acceptors (Lipinski definition) is 4. The lowest BCUT2D eigenvalue weighted by atomic mass is 10.2. The summed E-state index contributed by atoms with van der Waals surface area (Å²) in [5, 5.41) is 5.57. The van der Waals surface area contributed by atoms with Crippen molar-refractivity contribution in [2.45, 2.75) is 33.1 Å². The van der Waals surface area contributed by atoms with Crippen LogP contribution in [-0.4, -0.2) is 25.3 Å². The van der Waals surface area contributed by atoms with Crippen LogP contribution in [0.3, 0.4) is 0 Å². The van der Waals surface area contributed by atoms with Crippen LogP contribution in [0.25, 0.3) is 0 Å². The highest BCUT2D eigenvalue weighted by Gasteiger charge is 2.03. The largest absolute Gasteiger partial charge is 0.472 e. The predicted octanol–water partition coefficient (Wildman–Crippen LogP) is 3.54. The van der Waals surface area contributed by atoms with Crippen LogP contribution in [0.4, 0.5) is 10.5 Å². The number of ether oxygens (including phenoxy) is 2. The van der Waals surface area contributed by atoms with Crippen LogP contribution in [0.2, 0.25) is 0 Å². The van der Waals surface area contributed by atoms with Gasteiger partial charge in [-0.1, -0.05) is 12.1 Å². The van der Waals surface area contributed by atoms with Crippen molar-refractivity contribution in [1.29, 1.82) is 0 Å². The van der Waals surface area contributed by atoms with E-state index in [0.29, 0.717) is 26.4 Å². The van der Waals surface area contributed by atoms with E-state index in [9.17, 15) is 4.79 Å². The van der Waals surface area contributed by atoms with E-state index >= 15 is 0 Å². The van der Waals surface area contributed by atoms with Crippen LogP contribution in [0.5, 0.6) is 0 Å². The first-order valence-corrected chi connectivity index (χ1v) is 7.97. The first-order valence-electron chi connectivity index (χ1n) is 7.97. The second kappa shape index (κ2) is 9.75. The minimum Gasteiger partial charge on any atom is -0.472 e. The fourth-order valence-electron chi connectivity index (χ4n) is 2.02. The molecule has 1 aromatic heterocycles. The van der Waals surface area contributed by atoms with E-state index in [1.165, 1.54) is 0 Å². The van der Waals surface area contributed by atoms with Gasteiger partial charge in [0.2, 0.25) is 0 Å². The zero-order valence-electron chi connectivity index (χ0n) is 14.1. The van der Waals surface area contributed by atoms with Crippen LogP contribution in [0.1, 0.15) is 25.0 Å². The number of nitrogens with one attached hydrogen (secondary N) is 2. The highest BCUT2D eigenvalue weighted by molar-refractivity contribution is 5.89. The molecule has 1 aromatic carbocycles. The Balaban J connectivity index is 1.72. The molecule has 1 heterocycles. The van der Waals surface area contributed by atoms with Gasteiger partial charge in [0.15, 0.2) is 0 Å². The summed E-state index contributed by atoms with van der Waals surface area (Å²) in [5.41, 5.74) is 2.63. The summed E-state index contributed by atoms with van der Waals surface area (Å²) in [6, 6.07) is 9.11. The van der Waals surface area contributed by atoms with Crippen molar-refractivity contribution < 1.29 is 18.7 Å². The first-order chi connectivity index (χ1) is 11.6. The van der Waals surface area contributed by atoms with Crippen molar-refractivity contribution in [1.82, 2.24) is 5.32 Å². The molecular formula is C18H24N2O4. The number of rotatable bonds is 9. The lowest BCUT2D eigenvalue weighted by molar-refractivity contribution is 0.0143. The molecule has 0 aliphatic carbocycles. The molecule has 0 aliphatic rings. The Morgan fingerprint density at radius 3 is 2.83 bits per heavy atom. The van der Waals surface area contributed by atoms with E-state index < -0.39 is 0 Å². The third kappa shape index (κ3) is 6.85. The SMILES string of the molecule is CC(C)OCCOCc1cccc(NC(=O)NCc2ccoc2)c1. The Morgan fingerprint density at radius 1 is 1.21 bits per heavy atom. The maximum absolute atomic E-state index is 11.9. The standard InChI is InChI=1S/C18H24N2O4/c1-14(2)24-9-8-23-12-15-4-3-5-17(10-15)20-18(21)19-11-16-6-7-22-13-16/h3-7,10,13-14H,8-9,11-12H2,1-2H3,(H2,19,20,21). The Labute approximate surface area is 142 Å². The van der Waals surface area contributed by atoms with Gasteiger partial charge >= 0.3 is 6.03 Å². The van der Waals surface area contributed by atoms with Crippen LogP contribution >= 0.6 is 0 Å². The number of urea groups is 1. The van der Waals surface area contributed by atoms with E-state index in [2.05, 4.69) is 10.6 Å². The van der Waals surface area contributed by atoms with Gasteiger partial charge in [-0.25, -0.2) is 4.79 Å². The maximum Gasteiger partial charge on any atom is 0.319 e. The van der Waals surface area contributed by atoms with E-state index in [0.717, 1.165) is 16.8 Å². The number of carbonyl (C=O) groups excluding carboxylic acids is 1. The summed E-state index contributed by atoms with van der Waals surface area (Å²) < 4.78 is 15.9. The molecule has 2 N–H and O–H groups in total. The molecule has 6 nitrogen and oxygen atoms in total. The molecule has 0 bridgehead atoms. The minimum atomic E-state index is -0.264. The molecule has 6 heteroatoms. The summed E-state index contributed by atoms with van der Waals surface area (Å²) in [5.74, 6) is 0. The number of furan rings is 1. The molecule has 2 aromatic rings. The number of anilines is 1. The van der Waals surface area contributed by atoms with E-state index in [1.807, 2.05) is 38.1 Å². The topological polar surface area (TPSA) is 72.7 Å². The molecule has 0 unspecified atom stereocenters. The molecular weight excluding hydrogens is 308 g/mol. The molecule has 24 heavy (non-hydrogen) atoms. The van der Waals surface area contributed by atoms with Gasteiger partial charge in [-0.05, 0) is 37.6 Å². The van der Waals surface area contributed by atoms with Crippen LogP contribution < -0.4 is 10.6 Å². The fraction of sp³-hybridized carbons (Fsp3) is 0.389. The average molecular weight is 332 g/mol. The van der Waals surface area contributed by atoms with Crippen molar-refractivity contribution >= 4 is 11.7 Å². The van der Waals surface area contributed by atoms with Gasteiger partial charge in [0.05, 0.1) is 38.5 Å². The normalized spacial score (nSPS) is 10.8. The number of benzene rings is 1. The highest BCUT2D eigenvalue weighted by Crippen LogP contribution is 2.11. The van der Waals surface area contributed by atoms with E-state index in [1.54, 1.807) is 18.6 Å². The second-order valence-electron chi connectivity index (χ2n) is 5.61. The quantitative estimate of drug-likeness (QED) is 0.689. The van der Waals surface area contributed by atoms with Gasteiger partial charge in [0, 0.05) is 17.8 Å². The molecule has 2 amide bonds. The summed E-state index contributed by atoms with van der Waals surface area (Å²) in [4.78, 5) is 11.9. The van der Waals surface area contributed by atoms with Crippen molar-refractivity contribution in [3.05, 3.63) is 54.0 Å². The molecule has 0 spiro atoms. The van der Waals surface area contributed by atoms with E-state index in [-0.39, 0.29) is 12.1 Å². The highest BCUT2D eigenvalue weighted by atomic mass is 16.5. The third-order valence-electron chi connectivity index (χ3n) is 3.17. The molecule has 0 atom stereocenters. The average Bonchev–Trinajstić information content (AvgIpc) is 3.06. The smallest absolute Gasteiger partial charge is 0.319 e. The summed E-state index contributed by atoms with van der Waals surface area (Å²) in [7, 11) is 0. The van der Waals surface area contributed by atoms with Crippen molar-refractivity contribution in [2.24, 2.45) is 0 Å². The van der Waals surface area contributed by atoms with Crippen LogP contribution in [-0.2, 0) is 22.6 Å². The fourth-order valence-corrected chi connectivity index (χ4v) is 2.02. The van der Waals surface area contributed by atoms with Gasteiger partial charge in [-0.2, -0.15) is 0 Å². The first kappa shape index (κ1) is 18.0. The molecule has 0 fully saturated rings. The van der Waals surface area contributed by atoms with Gasteiger partial charge in [0.25, 0.3) is 0 Å². The number of amides is 2. The zero-order valence-corrected chi connectivity index (χ0v) is 14.1. The zero-order chi connectivity index (χ0) is 17.2. The lowest BCUT2D eigenvalue weighted by Crippen LogP contribution is -2.28. The lowest BCUT2D eigenvalue weighted by Gasteiger charge is -2.10. The van der Waals surface area contributed by atoms with Crippen molar-refractivity contribution in [2.75, 3.05) is 18.5 Å². The van der Waals surface area contributed by atoms with Gasteiger partial charge < -0.3 is 24.5 Å². The van der Waals surface area contributed by atoms with Crippen LogP contribution in [0.15, 0.2) is 47.3 Å². The maximum atomic E-state index is 11.9. The Hall–Kier alpha value is -2.31. The Bertz CT molecular complexity index is 611. The number of carbonyl (C=O) groups is 1. The van der Waals surface area contributed by atoms with Crippen molar-refractivity contribution in [3.8, 4) is 0 Å². The Morgan fingerprint density at radius 2 is 2.08 bits per heavy atom. The molecule has 2 rings (SSSR count). The van der Waals surface area contributed by atoms with Crippen molar-refractivity contribution in [3.63, 3.8) is 0 Å². The molecule has 0 aliphatic heterocycles. The third-order valence-corrected chi connectivity index (χ3v) is 3.17. The molecule has 0 saturated heterocycles. The summed E-state index contributed by atoms with van der Waals surface area (Å²) in [6.07, 6.45) is 3.38. The van der Waals surface area contributed by atoms with Crippen LogP contribution in [0, 0.1) is 0 Å². The second-order valence-corrected chi connectivity index (χ2v) is 5.61. The molecule has 130 valence electrons. The minimum absolute atomic E-state index is 0.210. The molecule has 0 saturated carbocycles. The number of hydrogen-bond donors (Lipinski definition) is 2. The monoisotopic (exact) mass is 332 g/mol. The summed E-state index contributed by atoms with van der Waals surface area (Å²) in [6.45, 7) is 6.00. The van der Waals surface area contributed by atoms with Gasteiger partial charge in [-0.3, -0.25) is 0 Å². The predicted molar refractivity (Wildman–Crippen MR) is 91.8 cm³/mol. The van der Waals surface area contributed by atoms with Gasteiger partial charge in [-0.15, -0.1) is 0 Å². The summed E-state index contributed by atoms with van der Waals surface area (Å²) >= 11 is 0. The van der Waals surface area contributed by atoms with Gasteiger partial charge in [0.1, 0.15) is 0 Å². The molecule has 0 radical (unpaired) electrons. The Kier molecular flexibility index (Phi) is 7.32.